The normalized spacial score (nSPS) is 15.6. The first kappa shape index (κ1) is 19.1. The van der Waals surface area contributed by atoms with Crippen molar-refractivity contribution in [3.8, 4) is 0 Å². The number of hydrogen-bond acceptors (Lipinski definition) is 5. The van der Waals surface area contributed by atoms with Gasteiger partial charge in [-0.15, -0.1) is 0 Å². The van der Waals surface area contributed by atoms with Crippen LogP contribution in [0.25, 0.3) is 0 Å². The number of anilines is 2. The Balaban J connectivity index is 1.81. The lowest BCUT2D eigenvalue weighted by Crippen LogP contribution is -2.25. The highest BCUT2D eigenvalue weighted by Crippen LogP contribution is 2.31. The van der Waals surface area contributed by atoms with Gasteiger partial charge in [0.1, 0.15) is 0 Å². The molecule has 1 amide bonds. The fraction of sp³-hybridized carbons (Fsp3) is 0.235. The van der Waals surface area contributed by atoms with Crippen molar-refractivity contribution >= 4 is 44.6 Å². The van der Waals surface area contributed by atoms with Gasteiger partial charge in [0.15, 0.2) is 0 Å². The minimum atomic E-state index is -3.32. The third-order valence-corrected chi connectivity index (χ3v) is 6.43. The van der Waals surface area contributed by atoms with E-state index in [1.54, 1.807) is 13.0 Å². The van der Waals surface area contributed by atoms with Crippen molar-refractivity contribution in [1.29, 1.82) is 0 Å². The molecule has 1 N–H and O–H groups in total. The zero-order valence-corrected chi connectivity index (χ0v) is 15.9. The van der Waals surface area contributed by atoms with Crippen molar-refractivity contribution < 1.29 is 18.1 Å². The lowest BCUT2D eigenvalue weighted by atomic mass is 10.1. The number of carbonyl (C=O) groups is 1. The number of amides is 1. The SMILES string of the molecule is Cc1cc(C(=O)Nc2ccc(N3CCCS3(=O)=O)cc2Cl)ccc1[N+](=O)[O-]. The van der Waals surface area contributed by atoms with E-state index in [4.69, 9.17) is 11.6 Å². The first-order valence-electron chi connectivity index (χ1n) is 8.05. The van der Waals surface area contributed by atoms with Gasteiger partial charge in [0.2, 0.25) is 10.0 Å². The summed E-state index contributed by atoms with van der Waals surface area (Å²) >= 11 is 6.21. The number of nitrogens with one attached hydrogen (secondary N) is 1. The van der Waals surface area contributed by atoms with Crippen LogP contribution in [-0.2, 0) is 10.0 Å². The number of hydrogen-bond donors (Lipinski definition) is 1. The predicted octanol–water partition coefficient (Wildman–Crippen LogP) is 3.35. The number of nitro groups is 1. The van der Waals surface area contributed by atoms with E-state index in [0.717, 1.165) is 0 Å². The highest BCUT2D eigenvalue weighted by molar-refractivity contribution is 7.93. The maximum atomic E-state index is 12.4. The van der Waals surface area contributed by atoms with Gasteiger partial charge in [0.05, 0.1) is 27.1 Å². The van der Waals surface area contributed by atoms with Crippen molar-refractivity contribution in [2.75, 3.05) is 21.9 Å². The van der Waals surface area contributed by atoms with Gasteiger partial charge in [-0.05, 0) is 43.7 Å². The van der Waals surface area contributed by atoms with Crippen LogP contribution in [0.15, 0.2) is 36.4 Å². The summed E-state index contributed by atoms with van der Waals surface area (Å²) in [7, 11) is -3.32. The second-order valence-corrected chi connectivity index (χ2v) is 8.54. The monoisotopic (exact) mass is 409 g/mol. The van der Waals surface area contributed by atoms with Gasteiger partial charge in [0.25, 0.3) is 11.6 Å². The summed E-state index contributed by atoms with van der Waals surface area (Å²) in [6.07, 6.45) is 0.554. The summed E-state index contributed by atoms with van der Waals surface area (Å²) in [5.41, 5.74) is 1.31. The summed E-state index contributed by atoms with van der Waals surface area (Å²) < 4.78 is 25.3. The van der Waals surface area contributed by atoms with E-state index in [9.17, 15) is 23.3 Å². The van der Waals surface area contributed by atoms with Crippen LogP contribution >= 0.6 is 11.6 Å². The molecule has 3 rings (SSSR count). The molecule has 8 nitrogen and oxygen atoms in total. The molecule has 142 valence electrons. The predicted molar refractivity (Wildman–Crippen MR) is 103 cm³/mol. The van der Waals surface area contributed by atoms with Crippen molar-refractivity contribution in [1.82, 2.24) is 0 Å². The number of nitro benzene ring substituents is 1. The van der Waals surface area contributed by atoms with Gasteiger partial charge in [0, 0.05) is 23.7 Å². The lowest BCUT2D eigenvalue weighted by molar-refractivity contribution is -0.385. The first-order valence-corrected chi connectivity index (χ1v) is 10.0. The molecule has 2 aromatic rings. The fourth-order valence-electron chi connectivity index (χ4n) is 2.89. The van der Waals surface area contributed by atoms with Crippen LogP contribution < -0.4 is 9.62 Å². The van der Waals surface area contributed by atoms with Crippen LogP contribution in [0.4, 0.5) is 17.1 Å². The molecule has 27 heavy (non-hydrogen) atoms. The van der Waals surface area contributed by atoms with Gasteiger partial charge in [-0.2, -0.15) is 0 Å². The topological polar surface area (TPSA) is 110 Å². The average molecular weight is 410 g/mol. The van der Waals surface area contributed by atoms with Crippen molar-refractivity contribution in [3.63, 3.8) is 0 Å². The highest BCUT2D eigenvalue weighted by atomic mass is 35.5. The Morgan fingerprint density at radius 1 is 1.26 bits per heavy atom. The van der Waals surface area contributed by atoms with Gasteiger partial charge >= 0.3 is 0 Å². The quantitative estimate of drug-likeness (QED) is 0.615. The molecule has 2 aromatic carbocycles. The Kier molecular flexibility index (Phi) is 5.07. The summed E-state index contributed by atoms with van der Waals surface area (Å²) in [5.74, 6) is -0.376. The molecule has 0 unspecified atom stereocenters. The zero-order chi connectivity index (χ0) is 19.8. The molecule has 0 saturated carbocycles. The Bertz CT molecular complexity index is 1040. The molecule has 1 heterocycles. The molecule has 1 aliphatic heterocycles. The lowest BCUT2D eigenvalue weighted by Gasteiger charge is -2.18. The largest absolute Gasteiger partial charge is 0.321 e. The summed E-state index contributed by atoms with van der Waals surface area (Å²) in [6, 6.07) is 8.65. The van der Waals surface area contributed by atoms with E-state index < -0.39 is 20.9 Å². The van der Waals surface area contributed by atoms with Crippen molar-refractivity contribution in [3.05, 3.63) is 62.7 Å². The molecular weight excluding hydrogens is 394 g/mol. The number of carbonyl (C=O) groups excluding carboxylic acids is 1. The maximum Gasteiger partial charge on any atom is 0.272 e. The van der Waals surface area contributed by atoms with E-state index in [1.807, 2.05) is 0 Å². The third kappa shape index (κ3) is 3.88. The molecule has 1 saturated heterocycles. The van der Waals surface area contributed by atoms with Crippen LogP contribution in [-0.4, -0.2) is 31.5 Å². The molecule has 0 radical (unpaired) electrons. The molecule has 1 aliphatic rings. The zero-order valence-electron chi connectivity index (χ0n) is 14.3. The summed E-state index contributed by atoms with van der Waals surface area (Å²) in [6.45, 7) is 1.94. The average Bonchev–Trinajstić information content (AvgIpc) is 2.95. The van der Waals surface area contributed by atoms with E-state index in [2.05, 4.69) is 5.32 Å². The fourth-order valence-corrected chi connectivity index (χ4v) is 4.66. The summed E-state index contributed by atoms with van der Waals surface area (Å²) in [4.78, 5) is 22.7. The van der Waals surface area contributed by atoms with Gasteiger partial charge in [-0.1, -0.05) is 11.6 Å². The van der Waals surface area contributed by atoms with Gasteiger partial charge < -0.3 is 5.32 Å². The molecule has 0 spiro atoms. The molecular formula is C17H16ClN3O5S. The Labute approximate surface area is 160 Å². The van der Waals surface area contributed by atoms with Crippen LogP contribution in [0.1, 0.15) is 22.3 Å². The number of halogens is 1. The molecule has 1 fully saturated rings. The van der Waals surface area contributed by atoms with Crippen molar-refractivity contribution in [2.45, 2.75) is 13.3 Å². The van der Waals surface area contributed by atoms with Crippen LogP contribution in [0, 0.1) is 17.0 Å². The van der Waals surface area contributed by atoms with Crippen LogP contribution in [0.3, 0.4) is 0 Å². The van der Waals surface area contributed by atoms with E-state index in [0.29, 0.717) is 29.9 Å². The van der Waals surface area contributed by atoms with E-state index in [1.165, 1.54) is 34.6 Å². The number of nitrogens with zero attached hydrogens (tertiary/aromatic N) is 2. The third-order valence-electron chi connectivity index (χ3n) is 4.24. The maximum absolute atomic E-state index is 12.4. The number of benzene rings is 2. The molecule has 0 aromatic heterocycles. The number of rotatable bonds is 4. The number of aryl methyl sites for hydroxylation is 1. The standard InChI is InChI=1S/C17H16ClN3O5S/c1-11-9-12(3-6-16(11)21(23)24)17(22)19-15-5-4-13(10-14(15)18)20-7-2-8-27(20,25)26/h3-6,9-10H,2,7-8H2,1H3,(H,19,22). The minimum absolute atomic E-state index is 0.0687. The molecule has 0 bridgehead atoms. The minimum Gasteiger partial charge on any atom is -0.321 e. The molecule has 0 aliphatic carbocycles. The molecule has 10 heteroatoms. The second-order valence-electron chi connectivity index (χ2n) is 6.12. The first-order chi connectivity index (χ1) is 12.7. The second kappa shape index (κ2) is 7.16. The van der Waals surface area contributed by atoms with Crippen molar-refractivity contribution in [2.24, 2.45) is 0 Å². The highest BCUT2D eigenvalue weighted by Gasteiger charge is 2.28. The van der Waals surface area contributed by atoms with Gasteiger partial charge in [-0.3, -0.25) is 19.2 Å². The van der Waals surface area contributed by atoms with E-state index >= 15 is 0 Å². The Morgan fingerprint density at radius 3 is 2.56 bits per heavy atom. The summed E-state index contributed by atoms with van der Waals surface area (Å²) in [5, 5.41) is 13.7. The smallest absolute Gasteiger partial charge is 0.272 e. The Morgan fingerprint density at radius 2 is 2.00 bits per heavy atom. The van der Waals surface area contributed by atoms with E-state index in [-0.39, 0.29) is 22.0 Å². The molecule has 0 atom stereocenters. The Hall–Kier alpha value is -2.65. The van der Waals surface area contributed by atoms with Crippen LogP contribution in [0.2, 0.25) is 5.02 Å². The number of sulfonamides is 1. The van der Waals surface area contributed by atoms with Gasteiger partial charge in [-0.25, -0.2) is 8.42 Å². The van der Waals surface area contributed by atoms with Crippen LogP contribution in [0.5, 0.6) is 0 Å².